The van der Waals surface area contributed by atoms with Crippen LogP contribution in [0, 0.1) is 10.1 Å². The Kier molecular flexibility index (Phi) is 4.29. The number of nitro groups is 1. The summed E-state index contributed by atoms with van der Waals surface area (Å²) in [6.45, 7) is 1.85. The number of likely N-dealkylation sites (tertiary alicyclic amines) is 1. The van der Waals surface area contributed by atoms with Crippen LogP contribution in [-0.2, 0) is 0 Å². The van der Waals surface area contributed by atoms with Crippen molar-refractivity contribution in [3.05, 3.63) is 22.2 Å². The van der Waals surface area contributed by atoms with Crippen molar-refractivity contribution in [3.8, 4) is 11.5 Å². The number of hydrogen-bond acceptors (Lipinski definition) is 6. The van der Waals surface area contributed by atoms with Gasteiger partial charge in [0.15, 0.2) is 11.5 Å². The maximum Gasteiger partial charge on any atom is 0.296 e. The van der Waals surface area contributed by atoms with Gasteiger partial charge in [-0.05, 0) is 20.0 Å². The Morgan fingerprint density at radius 3 is 2.50 bits per heavy atom. The van der Waals surface area contributed by atoms with Gasteiger partial charge in [0.1, 0.15) is 5.69 Å². The van der Waals surface area contributed by atoms with Crippen molar-refractivity contribution in [3.63, 3.8) is 0 Å². The van der Waals surface area contributed by atoms with Crippen molar-refractivity contribution < 1.29 is 14.4 Å². The molecule has 1 heterocycles. The monoisotopic (exact) mass is 281 g/mol. The fraction of sp³-hybridized carbons (Fsp3) is 0.538. The molecule has 1 saturated heterocycles. The third-order valence-electron chi connectivity index (χ3n) is 3.45. The van der Waals surface area contributed by atoms with E-state index in [0.29, 0.717) is 17.2 Å². The molecule has 1 aliphatic heterocycles. The Balaban J connectivity index is 2.31. The van der Waals surface area contributed by atoms with E-state index in [1.54, 1.807) is 6.07 Å². The van der Waals surface area contributed by atoms with E-state index in [2.05, 4.69) is 10.2 Å². The Bertz CT molecular complexity index is 507. The first kappa shape index (κ1) is 14.4. The Labute approximate surface area is 117 Å². The standard InChI is InChI=1S/C13H19N3O4/c1-15-5-4-9(8-15)14-10-6-12(19-2)13(20-3)7-11(10)16(17)18/h6-7,9,14H,4-5,8H2,1-3H3. The zero-order valence-corrected chi connectivity index (χ0v) is 11.9. The molecule has 7 nitrogen and oxygen atoms in total. The Hall–Kier alpha value is -2.02. The van der Waals surface area contributed by atoms with Gasteiger partial charge in [0, 0.05) is 18.7 Å². The lowest BCUT2D eigenvalue weighted by Crippen LogP contribution is -2.23. The third kappa shape index (κ3) is 2.93. The molecule has 0 amide bonds. The number of likely N-dealkylation sites (N-methyl/N-ethyl adjacent to an activating group) is 1. The SMILES string of the molecule is COc1cc(NC2CCN(C)C2)c([N+](=O)[O-])cc1OC. The minimum Gasteiger partial charge on any atom is -0.493 e. The van der Waals surface area contributed by atoms with Crippen LogP contribution in [0.1, 0.15) is 6.42 Å². The molecule has 0 spiro atoms. The van der Waals surface area contributed by atoms with Crippen LogP contribution >= 0.6 is 0 Å². The van der Waals surface area contributed by atoms with Crippen LogP contribution in [0.25, 0.3) is 0 Å². The summed E-state index contributed by atoms with van der Waals surface area (Å²) in [4.78, 5) is 13.0. The number of benzene rings is 1. The highest BCUT2D eigenvalue weighted by Gasteiger charge is 2.24. The number of hydrogen-bond donors (Lipinski definition) is 1. The minimum absolute atomic E-state index is 0.00259. The first-order valence-corrected chi connectivity index (χ1v) is 6.40. The molecule has 2 rings (SSSR count). The predicted molar refractivity (Wildman–Crippen MR) is 75.7 cm³/mol. The van der Waals surface area contributed by atoms with Gasteiger partial charge >= 0.3 is 0 Å². The van der Waals surface area contributed by atoms with Crippen molar-refractivity contribution in [2.45, 2.75) is 12.5 Å². The predicted octanol–water partition coefficient (Wildman–Crippen LogP) is 1.73. The highest BCUT2D eigenvalue weighted by Crippen LogP contribution is 2.38. The van der Waals surface area contributed by atoms with Gasteiger partial charge in [0.25, 0.3) is 5.69 Å². The quantitative estimate of drug-likeness (QED) is 0.654. The van der Waals surface area contributed by atoms with E-state index in [9.17, 15) is 10.1 Å². The zero-order chi connectivity index (χ0) is 14.7. The summed E-state index contributed by atoms with van der Waals surface area (Å²) in [5.74, 6) is 0.834. The summed E-state index contributed by atoms with van der Waals surface area (Å²) in [6.07, 6.45) is 0.960. The maximum absolute atomic E-state index is 11.2. The number of ether oxygens (including phenoxy) is 2. The molecule has 1 aromatic carbocycles. The number of nitro benzene ring substituents is 1. The molecular weight excluding hydrogens is 262 g/mol. The van der Waals surface area contributed by atoms with E-state index < -0.39 is 4.92 Å². The van der Waals surface area contributed by atoms with Crippen molar-refractivity contribution in [1.29, 1.82) is 0 Å². The Morgan fingerprint density at radius 1 is 1.35 bits per heavy atom. The molecule has 0 saturated carbocycles. The lowest BCUT2D eigenvalue weighted by molar-refractivity contribution is -0.384. The highest BCUT2D eigenvalue weighted by atomic mass is 16.6. The normalized spacial score (nSPS) is 18.9. The first-order chi connectivity index (χ1) is 9.55. The molecule has 1 unspecified atom stereocenters. The summed E-state index contributed by atoms with van der Waals surface area (Å²) in [5, 5.41) is 14.4. The van der Waals surface area contributed by atoms with Gasteiger partial charge in [-0.2, -0.15) is 0 Å². The molecule has 0 aromatic heterocycles. The van der Waals surface area contributed by atoms with Crippen LogP contribution in [0.2, 0.25) is 0 Å². The molecule has 1 aliphatic rings. The maximum atomic E-state index is 11.2. The summed E-state index contributed by atoms with van der Waals surface area (Å²) >= 11 is 0. The molecule has 0 aliphatic carbocycles. The number of anilines is 1. The summed E-state index contributed by atoms with van der Waals surface area (Å²) in [7, 11) is 5.00. The molecule has 7 heteroatoms. The Morgan fingerprint density at radius 2 is 2.00 bits per heavy atom. The number of rotatable bonds is 5. The lowest BCUT2D eigenvalue weighted by Gasteiger charge is -2.16. The summed E-state index contributed by atoms with van der Waals surface area (Å²) in [5.41, 5.74) is 0.463. The van der Waals surface area contributed by atoms with E-state index in [0.717, 1.165) is 19.5 Å². The van der Waals surface area contributed by atoms with E-state index in [1.165, 1.54) is 20.3 Å². The van der Waals surface area contributed by atoms with Crippen LogP contribution in [0.4, 0.5) is 11.4 Å². The van der Waals surface area contributed by atoms with Gasteiger partial charge in [-0.15, -0.1) is 0 Å². The summed E-state index contributed by atoms with van der Waals surface area (Å²) < 4.78 is 10.3. The van der Waals surface area contributed by atoms with Crippen LogP contribution in [-0.4, -0.2) is 50.2 Å². The van der Waals surface area contributed by atoms with Crippen molar-refractivity contribution >= 4 is 11.4 Å². The number of nitrogens with one attached hydrogen (secondary N) is 1. The largest absolute Gasteiger partial charge is 0.493 e. The fourth-order valence-electron chi connectivity index (χ4n) is 2.41. The molecule has 0 radical (unpaired) electrons. The molecule has 1 fully saturated rings. The van der Waals surface area contributed by atoms with E-state index >= 15 is 0 Å². The molecular formula is C13H19N3O4. The second kappa shape index (κ2) is 5.96. The molecule has 1 N–H and O–H groups in total. The molecule has 0 bridgehead atoms. The van der Waals surface area contributed by atoms with Gasteiger partial charge in [-0.25, -0.2) is 0 Å². The van der Waals surface area contributed by atoms with E-state index in [4.69, 9.17) is 9.47 Å². The third-order valence-corrected chi connectivity index (χ3v) is 3.45. The van der Waals surface area contributed by atoms with E-state index in [1.807, 2.05) is 7.05 Å². The van der Waals surface area contributed by atoms with Crippen molar-refractivity contribution in [2.75, 3.05) is 39.7 Å². The zero-order valence-electron chi connectivity index (χ0n) is 11.9. The average Bonchev–Trinajstić information content (AvgIpc) is 2.83. The second-order valence-corrected chi connectivity index (χ2v) is 4.87. The lowest BCUT2D eigenvalue weighted by atomic mass is 10.2. The van der Waals surface area contributed by atoms with Gasteiger partial charge in [-0.3, -0.25) is 10.1 Å². The van der Waals surface area contributed by atoms with Gasteiger partial charge in [0.05, 0.1) is 25.2 Å². The van der Waals surface area contributed by atoms with Crippen LogP contribution < -0.4 is 14.8 Å². The minimum atomic E-state index is -0.414. The highest BCUT2D eigenvalue weighted by molar-refractivity contribution is 5.68. The van der Waals surface area contributed by atoms with Gasteiger partial charge in [-0.1, -0.05) is 0 Å². The van der Waals surface area contributed by atoms with Gasteiger partial charge in [0.2, 0.25) is 0 Å². The smallest absolute Gasteiger partial charge is 0.296 e. The number of nitrogens with zero attached hydrogens (tertiary/aromatic N) is 2. The van der Waals surface area contributed by atoms with Crippen molar-refractivity contribution in [1.82, 2.24) is 4.90 Å². The second-order valence-electron chi connectivity index (χ2n) is 4.87. The fourth-order valence-corrected chi connectivity index (χ4v) is 2.41. The first-order valence-electron chi connectivity index (χ1n) is 6.40. The average molecular weight is 281 g/mol. The molecule has 110 valence electrons. The van der Waals surface area contributed by atoms with Crippen LogP contribution in [0.15, 0.2) is 12.1 Å². The van der Waals surface area contributed by atoms with Crippen LogP contribution in [0.5, 0.6) is 11.5 Å². The van der Waals surface area contributed by atoms with Gasteiger partial charge < -0.3 is 19.7 Å². The van der Waals surface area contributed by atoms with E-state index in [-0.39, 0.29) is 11.7 Å². The molecule has 20 heavy (non-hydrogen) atoms. The molecule has 1 aromatic rings. The number of methoxy groups -OCH3 is 2. The van der Waals surface area contributed by atoms with Crippen LogP contribution in [0.3, 0.4) is 0 Å². The topological polar surface area (TPSA) is 76.9 Å². The molecule has 1 atom stereocenters. The van der Waals surface area contributed by atoms with Crippen molar-refractivity contribution in [2.24, 2.45) is 0 Å². The summed E-state index contributed by atoms with van der Waals surface area (Å²) in [6, 6.07) is 3.21.